The molecule has 7 heteroatoms. The molecule has 0 spiro atoms. The largest absolute Gasteiger partial charge is 0.497 e. The number of benzene rings is 1. The molecule has 1 aromatic rings. The minimum absolute atomic E-state index is 0.0499. The van der Waals surface area contributed by atoms with Crippen LogP contribution in [0.2, 0.25) is 0 Å². The quantitative estimate of drug-likeness (QED) is 0.483. The highest BCUT2D eigenvalue weighted by molar-refractivity contribution is 8.00. The molecule has 1 aromatic carbocycles. The topological polar surface area (TPSA) is 96.2 Å². The maximum absolute atomic E-state index is 10.7. The van der Waals surface area contributed by atoms with Crippen molar-refractivity contribution in [1.82, 2.24) is 0 Å². The third-order valence-electron chi connectivity index (χ3n) is 6.01. The smallest absolute Gasteiger partial charge is 0.303 e. The minimum atomic E-state index is -0.748. The standard InChI is InChI=1S/C23H32O6S/c1-28-16-4-2-5-17(12-16)29-14-15(24)8-10-19-20-11-9-18(6-3-7-23(26)27)30-22(20)13-21(19)25/h2,4-5,8,10,12,15,18-22,24-25H,3,6-7,9,11,13-14H2,1H3,(H,26,27)/b10-8+/t15-,18+,19-,20-,21-,22+/m1/s1. The van der Waals surface area contributed by atoms with Gasteiger partial charge in [-0.15, -0.1) is 0 Å². The number of aliphatic carboxylic acids is 1. The van der Waals surface area contributed by atoms with Crippen LogP contribution in [0.15, 0.2) is 36.4 Å². The summed E-state index contributed by atoms with van der Waals surface area (Å²) in [7, 11) is 1.60. The van der Waals surface area contributed by atoms with Crippen LogP contribution >= 0.6 is 11.8 Å². The van der Waals surface area contributed by atoms with Gasteiger partial charge in [-0.25, -0.2) is 0 Å². The molecule has 1 heterocycles. The maximum Gasteiger partial charge on any atom is 0.303 e. The van der Waals surface area contributed by atoms with Gasteiger partial charge in [0.1, 0.15) is 24.2 Å². The summed E-state index contributed by atoms with van der Waals surface area (Å²) >= 11 is 1.92. The van der Waals surface area contributed by atoms with E-state index in [2.05, 4.69) is 0 Å². The van der Waals surface area contributed by atoms with Gasteiger partial charge in [0, 0.05) is 28.9 Å². The Bertz CT molecular complexity index is 723. The molecule has 0 amide bonds. The molecule has 6 atom stereocenters. The maximum atomic E-state index is 10.7. The number of thioether (sulfide) groups is 1. The summed E-state index contributed by atoms with van der Waals surface area (Å²) < 4.78 is 10.8. The number of aliphatic hydroxyl groups is 2. The Morgan fingerprint density at radius 1 is 1.33 bits per heavy atom. The second-order valence-corrected chi connectivity index (χ2v) is 9.69. The van der Waals surface area contributed by atoms with Gasteiger partial charge >= 0.3 is 5.97 Å². The van der Waals surface area contributed by atoms with Crippen LogP contribution in [0.5, 0.6) is 11.5 Å². The van der Waals surface area contributed by atoms with Crippen LogP contribution in [0.3, 0.4) is 0 Å². The molecule has 1 saturated heterocycles. The highest BCUT2D eigenvalue weighted by Crippen LogP contribution is 2.49. The van der Waals surface area contributed by atoms with E-state index >= 15 is 0 Å². The van der Waals surface area contributed by atoms with Crippen LogP contribution in [0, 0.1) is 11.8 Å². The van der Waals surface area contributed by atoms with Gasteiger partial charge < -0.3 is 24.8 Å². The highest BCUT2D eigenvalue weighted by Gasteiger charge is 2.44. The Balaban J connectivity index is 1.46. The minimum Gasteiger partial charge on any atom is -0.497 e. The van der Waals surface area contributed by atoms with Gasteiger partial charge in [-0.05, 0) is 50.2 Å². The summed E-state index contributed by atoms with van der Waals surface area (Å²) in [6.07, 6.45) is 7.29. The number of hydrogen-bond acceptors (Lipinski definition) is 6. The Morgan fingerprint density at radius 3 is 2.90 bits per heavy atom. The van der Waals surface area contributed by atoms with Crippen molar-refractivity contribution in [2.75, 3.05) is 13.7 Å². The van der Waals surface area contributed by atoms with Gasteiger partial charge in [0.2, 0.25) is 0 Å². The van der Waals surface area contributed by atoms with Gasteiger partial charge in [0.25, 0.3) is 0 Å². The van der Waals surface area contributed by atoms with Gasteiger partial charge in [-0.1, -0.05) is 18.2 Å². The number of carboxylic acid groups (broad SMARTS) is 1. The Morgan fingerprint density at radius 2 is 2.13 bits per heavy atom. The summed E-state index contributed by atoms with van der Waals surface area (Å²) in [5, 5.41) is 30.6. The number of ether oxygens (including phenoxy) is 2. The molecule has 1 aliphatic heterocycles. The van der Waals surface area contributed by atoms with Crippen molar-refractivity contribution in [2.24, 2.45) is 11.8 Å². The number of hydrogen-bond donors (Lipinski definition) is 3. The zero-order valence-corrected chi connectivity index (χ0v) is 18.2. The summed E-state index contributed by atoms with van der Waals surface area (Å²) in [5.74, 6) is 1.07. The molecule has 1 aliphatic carbocycles. The Hall–Kier alpha value is -1.70. The number of aliphatic hydroxyl groups excluding tert-OH is 2. The molecule has 166 valence electrons. The second kappa shape index (κ2) is 11.1. The van der Waals surface area contributed by atoms with E-state index in [4.69, 9.17) is 14.6 Å². The first-order valence-electron chi connectivity index (χ1n) is 10.6. The summed E-state index contributed by atoms with van der Waals surface area (Å²) in [4.78, 5) is 10.7. The molecule has 1 saturated carbocycles. The van der Waals surface area contributed by atoms with Crippen LogP contribution in [-0.4, -0.2) is 57.7 Å². The Kier molecular flexibility index (Phi) is 8.48. The lowest BCUT2D eigenvalue weighted by Gasteiger charge is -2.33. The van der Waals surface area contributed by atoms with Gasteiger partial charge in [0.05, 0.1) is 13.2 Å². The lowest BCUT2D eigenvalue weighted by molar-refractivity contribution is -0.137. The van der Waals surface area contributed by atoms with E-state index in [9.17, 15) is 15.0 Å². The van der Waals surface area contributed by atoms with Crippen LogP contribution in [0.1, 0.15) is 38.5 Å². The molecular weight excluding hydrogens is 404 g/mol. The molecule has 2 fully saturated rings. The van der Waals surface area contributed by atoms with Crippen molar-refractivity contribution in [2.45, 2.75) is 61.2 Å². The molecule has 0 aromatic heterocycles. The third-order valence-corrected chi connectivity index (χ3v) is 7.76. The van der Waals surface area contributed by atoms with E-state index in [1.54, 1.807) is 19.3 Å². The lowest BCUT2D eigenvalue weighted by atomic mass is 9.88. The van der Waals surface area contributed by atoms with E-state index in [-0.39, 0.29) is 18.9 Å². The molecular formula is C23H32O6S. The summed E-state index contributed by atoms with van der Waals surface area (Å²) in [5.41, 5.74) is 0. The predicted octanol–water partition coefficient (Wildman–Crippen LogP) is 3.51. The SMILES string of the molecule is COc1cccc(OC[C@H](O)/C=C/[C@@H]2[C@H]3CC[C@H](CCCC(=O)O)S[C@H]3C[C@H]2O)c1. The summed E-state index contributed by atoms with van der Waals surface area (Å²) in [6.45, 7) is 0.140. The molecule has 0 radical (unpaired) electrons. The third kappa shape index (κ3) is 6.40. The fourth-order valence-electron chi connectivity index (χ4n) is 4.48. The number of rotatable bonds is 10. The normalized spacial score (nSPS) is 29.5. The van der Waals surface area contributed by atoms with Crippen molar-refractivity contribution in [1.29, 1.82) is 0 Å². The zero-order chi connectivity index (χ0) is 21.5. The number of fused-ring (bicyclic) bond motifs is 1. The highest BCUT2D eigenvalue weighted by atomic mass is 32.2. The van der Waals surface area contributed by atoms with Gasteiger partial charge in [-0.2, -0.15) is 11.8 Å². The lowest BCUT2D eigenvalue weighted by Crippen LogP contribution is -2.27. The van der Waals surface area contributed by atoms with Crippen LogP contribution in [0.4, 0.5) is 0 Å². The number of carbonyl (C=O) groups is 1. The van der Waals surface area contributed by atoms with Crippen molar-refractivity contribution in [3.8, 4) is 11.5 Å². The van der Waals surface area contributed by atoms with Crippen molar-refractivity contribution >= 4 is 17.7 Å². The first-order chi connectivity index (χ1) is 14.5. The van der Waals surface area contributed by atoms with Crippen LogP contribution in [-0.2, 0) is 4.79 Å². The van der Waals surface area contributed by atoms with E-state index in [0.29, 0.717) is 27.9 Å². The van der Waals surface area contributed by atoms with Crippen molar-refractivity contribution in [3.05, 3.63) is 36.4 Å². The van der Waals surface area contributed by atoms with E-state index in [0.717, 1.165) is 32.1 Å². The predicted molar refractivity (Wildman–Crippen MR) is 117 cm³/mol. The molecule has 3 N–H and O–H groups in total. The first-order valence-corrected chi connectivity index (χ1v) is 11.6. The number of methoxy groups -OCH3 is 1. The fraction of sp³-hybridized carbons (Fsp3) is 0.609. The molecule has 3 rings (SSSR count). The molecule has 2 aliphatic rings. The van der Waals surface area contributed by atoms with Crippen LogP contribution < -0.4 is 9.47 Å². The van der Waals surface area contributed by atoms with Gasteiger partial charge in [0.15, 0.2) is 0 Å². The van der Waals surface area contributed by atoms with Gasteiger partial charge in [-0.3, -0.25) is 4.79 Å². The van der Waals surface area contributed by atoms with Crippen LogP contribution in [0.25, 0.3) is 0 Å². The summed E-state index contributed by atoms with van der Waals surface area (Å²) in [6, 6.07) is 7.26. The van der Waals surface area contributed by atoms with Crippen molar-refractivity contribution in [3.63, 3.8) is 0 Å². The molecule has 0 bridgehead atoms. The number of carboxylic acids is 1. The fourth-order valence-corrected chi connectivity index (χ4v) is 6.38. The van der Waals surface area contributed by atoms with E-state index in [1.165, 1.54) is 0 Å². The van der Waals surface area contributed by atoms with E-state index < -0.39 is 18.2 Å². The first kappa shape index (κ1) is 23.0. The van der Waals surface area contributed by atoms with Crippen molar-refractivity contribution < 1.29 is 29.6 Å². The monoisotopic (exact) mass is 436 g/mol. The molecule has 6 nitrogen and oxygen atoms in total. The molecule has 30 heavy (non-hydrogen) atoms. The zero-order valence-electron chi connectivity index (χ0n) is 17.4. The van der Waals surface area contributed by atoms with E-state index in [1.807, 2.05) is 36.0 Å². The second-order valence-electron chi connectivity index (χ2n) is 8.15. The average molecular weight is 437 g/mol. The molecule has 0 unspecified atom stereocenters. The average Bonchev–Trinajstić information content (AvgIpc) is 3.04. The Labute approximate surface area is 182 Å².